The van der Waals surface area contributed by atoms with Gasteiger partial charge in [0.05, 0.1) is 17.9 Å². The van der Waals surface area contributed by atoms with Gasteiger partial charge in [0.15, 0.2) is 0 Å². The van der Waals surface area contributed by atoms with Crippen molar-refractivity contribution in [3.63, 3.8) is 0 Å². The summed E-state index contributed by atoms with van der Waals surface area (Å²) < 4.78 is 0. The summed E-state index contributed by atoms with van der Waals surface area (Å²) in [4.78, 5) is 68.9. The summed E-state index contributed by atoms with van der Waals surface area (Å²) in [6.45, 7) is 2.94. The van der Waals surface area contributed by atoms with Crippen molar-refractivity contribution in [3.8, 4) is 0 Å². The summed E-state index contributed by atoms with van der Waals surface area (Å²) in [6.07, 6.45) is 2.36. The van der Waals surface area contributed by atoms with Gasteiger partial charge in [0, 0.05) is 68.5 Å². The van der Waals surface area contributed by atoms with Crippen LogP contribution in [0.3, 0.4) is 0 Å². The van der Waals surface area contributed by atoms with Gasteiger partial charge in [-0.2, -0.15) is 0 Å². The minimum absolute atomic E-state index is 0.0162. The van der Waals surface area contributed by atoms with Gasteiger partial charge < -0.3 is 25.8 Å². The Hall–Kier alpha value is -4.99. The second-order valence-corrected chi connectivity index (χ2v) is 14.0. The zero-order chi connectivity index (χ0) is 34.1. The van der Waals surface area contributed by atoms with Gasteiger partial charge in [0.25, 0.3) is 5.91 Å². The lowest BCUT2D eigenvalue weighted by Crippen LogP contribution is -2.43. The van der Waals surface area contributed by atoms with E-state index in [0.717, 1.165) is 18.4 Å². The lowest BCUT2D eigenvalue weighted by atomic mass is 9.94. The van der Waals surface area contributed by atoms with Crippen molar-refractivity contribution >= 4 is 29.5 Å². The van der Waals surface area contributed by atoms with Crippen molar-refractivity contribution in [3.05, 3.63) is 107 Å². The number of carbonyl (C=O) groups excluding carboxylic acids is 5. The Balaban J connectivity index is 1.000. The van der Waals surface area contributed by atoms with Gasteiger partial charge in [-0.05, 0) is 41.7 Å². The Bertz CT molecular complexity index is 1640. The third-order valence-corrected chi connectivity index (χ3v) is 10.4. The van der Waals surface area contributed by atoms with E-state index in [9.17, 15) is 24.0 Å². The second kappa shape index (κ2) is 13.9. The fraction of sp³-hybridized carbons (Fsp3) is 0.410. The molecule has 3 aromatic carbocycles. The minimum atomic E-state index is -0.656. The summed E-state index contributed by atoms with van der Waals surface area (Å²) in [5.74, 6) is -1.50. The van der Waals surface area contributed by atoms with E-state index in [1.165, 1.54) is 11.1 Å². The molecule has 0 bridgehead atoms. The van der Waals surface area contributed by atoms with E-state index in [4.69, 9.17) is 0 Å². The van der Waals surface area contributed by atoms with E-state index in [1.54, 1.807) is 28.9 Å². The Labute approximate surface area is 286 Å². The van der Waals surface area contributed by atoms with Crippen LogP contribution in [0.2, 0.25) is 0 Å². The maximum Gasteiger partial charge on any atom is 0.253 e. The second-order valence-electron chi connectivity index (χ2n) is 14.0. The zero-order valence-electron chi connectivity index (χ0n) is 27.7. The molecule has 2 aliphatic heterocycles. The molecule has 4 fully saturated rings. The molecule has 0 aromatic heterocycles. The molecule has 2 saturated heterocycles. The number of nitrogens with one attached hydrogen (secondary N) is 3. The van der Waals surface area contributed by atoms with Crippen LogP contribution in [0.5, 0.6) is 0 Å². The molecule has 0 radical (unpaired) electrons. The van der Waals surface area contributed by atoms with Gasteiger partial charge in [-0.3, -0.25) is 24.0 Å². The Morgan fingerprint density at radius 3 is 1.73 bits per heavy atom. The van der Waals surface area contributed by atoms with Crippen LogP contribution in [0.25, 0.3) is 0 Å². The van der Waals surface area contributed by atoms with Crippen molar-refractivity contribution in [1.82, 2.24) is 25.8 Å². The molecule has 2 aliphatic carbocycles. The van der Waals surface area contributed by atoms with Crippen LogP contribution in [0.1, 0.15) is 71.5 Å². The number of nitrogens with zero attached hydrogens (tertiary/aromatic N) is 2. The number of likely N-dealkylation sites (tertiary alicyclic amines) is 2. The molecule has 3 aromatic rings. The Morgan fingerprint density at radius 1 is 0.694 bits per heavy atom. The highest BCUT2D eigenvalue weighted by Gasteiger charge is 2.49. The van der Waals surface area contributed by atoms with Crippen molar-refractivity contribution in [1.29, 1.82) is 0 Å². The molecule has 2 saturated carbocycles. The van der Waals surface area contributed by atoms with E-state index in [2.05, 4.69) is 40.2 Å². The smallest absolute Gasteiger partial charge is 0.253 e. The molecule has 3 N–H and O–H groups in total. The molecular formula is C39H43N5O5. The zero-order valence-corrected chi connectivity index (χ0v) is 27.7. The fourth-order valence-corrected chi connectivity index (χ4v) is 7.43. The number of hydrogen-bond donors (Lipinski definition) is 3. The highest BCUT2D eigenvalue weighted by Crippen LogP contribution is 2.42. The van der Waals surface area contributed by atoms with Gasteiger partial charge in [0.2, 0.25) is 23.6 Å². The Kier molecular flexibility index (Phi) is 9.21. The van der Waals surface area contributed by atoms with Gasteiger partial charge >= 0.3 is 0 Å². The highest BCUT2D eigenvalue weighted by molar-refractivity contribution is 5.97. The first-order chi connectivity index (χ1) is 23.8. The maximum atomic E-state index is 13.8. The average Bonchev–Trinajstić information content (AvgIpc) is 3.99. The summed E-state index contributed by atoms with van der Waals surface area (Å²) in [5, 5.41) is 9.25. The van der Waals surface area contributed by atoms with Gasteiger partial charge in [-0.25, -0.2) is 0 Å². The molecular weight excluding hydrogens is 618 g/mol. The van der Waals surface area contributed by atoms with Crippen LogP contribution in [-0.2, 0) is 25.7 Å². The van der Waals surface area contributed by atoms with Gasteiger partial charge in [-0.1, -0.05) is 79.7 Å². The van der Waals surface area contributed by atoms with E-state index in [1.807, 2.05) is 48.5 Å². The molecule has 7 rings (SSSR count). The molecule has 10 nitrogen and oxygen atoms in total. The van der Waals surface area contributed by atoms with Crippen LogP contribution in [0.4, 0.5) is 0 Å². The van der Waals surface area contributed by atoms with Crippen LogP contribution < -0.4 is 16.0 Å². The van der Waals surface area contributed by atoms with Crippen LogP contribution >= 0.6 is 0 Å². The molecule has 4 aliphatic rings. The standard InChI is InChI=1S/C39H43N5O5/c1-2-35(45)40-28-17-36(46)43(21-28)20-24-13-15-27(16-14-24)39(49)44-22-31(37(47)41-33-18-29(33)25-9-5-3-6-10-25)32(23-44)38(48)42-34-19-30(34)26-11-7-4-8-12-26/h3-16,28-34H,2,17-23H2,1H3,(H,40,45)(H,41,47)(H,42,48)/t28?,29-,30-,31-,32-,33+,34+/m1/s1. The SMILES string of the molecule is CCC(=O)NC1CC(=O)N(Cc2ccc(C(=O)N3C[C@@H](C(=O)N[C@H]4C[C@@H]4c4ccccc4)[C@H](C(=O)N[C@H]4C[C@@H]4c4ccccc4)C3)cc2)C1. The van der Waals surface area contributed by atoms with Crippen LogP contribution in [0.15, 0.2) is 84.9 Å². The first-order valence-electron chi connectivity index (χ1n) is 17.4. The molecule has 254 valence electrons. The van der Waals surface area contributed by atoms with E-state index >= 15 is 0 Å². The summed E-state index contributed by atoms with van der Waals surface area (Å²) in [5.41, 5.74) is 3.71. The molecule has 7 atom stereocenters. The van der Waals surface area contributed by atoms with Gasteiger partial charge in [-0.15, -0.1) is 0 Å². The van der Waals surface area contributed by atoms with Crippen molar-refractivity contribution in [2.24, 2.45) is 11.8 Å². The first-order valence-corrected chi connectivity index (χ1v) is 17.4. The first kappa shape index (κ1) is 32.6. The van der Waals surface area contributed by atoms with E-state index < -0.39 is 11.8 Å². The maximum absolute atomic E-state index is 13.8. The van der Waals surface area contributed by atoms with E-state index in [0.29, 0.717) is 25.1 Å². The minimum Gasteiger partial charge on any atom is -0.352 e. The molecule has 5 amide bonds. The molecule has 49 heavy (non-hydrogen) atoms. The summed E-state index contributed by atoms with van der Waals surface area (Å²) in [7, 11) is 0. The fourth-order valence-electron chi connectivity index (χ4n) is 7.43. The molecule has 10 heteroatoms. The number of amides is 5. The summed E-state index contributed by atoms with van der Waals surface area (Å²) >= 11 is 0. The lowest BCUT2D eigenvalue weighted by molar-refractivity contribution is -0.133. The van der Waals surface area contributed by atoms with E-state index in [-0.39, 0.29) is 79.0 Å². The highest BCUT2D eigenvalue weighted by atomic mass is 16.2. The van der Waals surface area contributed by atoms with Crippen molar-refractivity contribution in [2.45, 2.75) is 69.1 Å². The largest absolute Gasteiger partial charge is 0.352 e. The van der Waals surface area contributed by atoms with Gasteiger partial charge in [0.1, 0.15) is 0 Å². The number of carbonyl (C=O) groups is 5. The predicted molar refractivity (Wildman–Crippen MR) is 183 cm³/mol. The number of rotatable bonds is 11. The van der Waals surface area contributed by atoms with Crippen molar-refractivity contribution in [2.75, 3.05) is 19.6 Å². The van der Waals surface area contributed by atoms with Crippen LogP contribution in [-0.4, -0.2) is 77.1 Å². The third kappa shape index (κ3) is 7.38. The molecule has 2 heterocycles. The lowest BCUT2D eigenvalue weighted by Gasteiger charge is -2.19. The third-order valence-electron chi connectivity index (χ3n) is 10.4. The number of benzene rings is 3. The Morgan fingerprint density at radius 2 is 1.22 bits per heavy atom. The monoisotopic (exact) mass is 661 g/mol. The normalized spacial score (nSPS) is 27.0. The molecule has 0 spiro atoms. The molecule has 1 unspecified atom stereocenters. The van der Waals surface area contributed by atoms with Crippen LogP contribution in [0, 0.1) is 11.8 Å². The topological polar surface area (TPSA) is 128 Å². The number of hydrogen-bond acceptors (Lipinski definition) is 5. The summed E-state index contributed by atoms with van der Waals surface area (Å²) in [6, 6.07) is 27.2. The van der Waals surface area contributed by atoms with Crippen molar-refractivity contribution < 1.29 is 24.0 Å². The quantitative estimate of drug-likeness (QED) is 0.291. The predicted octanol–water partition coefficient (Wildman–Crippen LogP) is 3.35. The average molecular weight is 662 g/mol.